The Morgan fingerprint density at radius 1 is 1.03 bits per heavy atom. The Morgan fingerprint density at radius 2 is 1.73 bits per heavy atom. The van der Waals surface area contributed by atoms with Gasteiger partial charge in [0.05, 0.1) is 16.3 Å². The van der Waals surface area contributed by atoms with Gasteiger partial charge in [0, 0.05) is 49.0 Å². The molecule has 0 N–H and O–H groups in total. The molecular weight excluding hydrogens is 406 g/mol. The Labute approximate surface area is 178 Å². The molecule has 2 aromatic carbocycles. The van der Waals surface area contributed by atoms with Crippen LogP contribution >= 0.6 is 11.6 Å². The molecule has 1 aliphatic heterocycles. The van der Waals surface area contributed by atoms with Crippen LogP contribution in [-0.4, -0.2) is 51.7 Å². The maximum absolute atomic E-state index is 13.2. The molecule has 1 aliphatic rings. The Balaban J connectivity index is 1.51. The number of carbonyl (C=O) groups excluding carboxylic acids is 1. The molecule has 0 bridgehead atoms. The van der Waals surface area contributed by atoms with E-state index in [1.54, 1.807) is 27.8 Å². The highest BCUT2D eigenvalue weighted by molar-refractivity contribution is 6.30. The third-order valence-electron chi connectivity index (χ3n) is 5.10. The van der Waals surface area contributed by atoms with Crippen LogP contribution in [0.4, 0.5) is 11.4 Å². The van der Waals surface area contributed by atoms with Gasteiger partial charge in [0.25, 0.3) is 11.6 Å². The molecule has 1 fully saturated rings. The second-order valence-corrected chi connectivity index (χ2v) is 7.55. The molecule has 154 valence electrons. The van der Waals surface area contributed by atoms with E-state index >= 15 is 0 Å². The molecule has 3 aromatic rings. The maximum Gasteiger partial charge on any atom is 0.272 e. The minimum atomic E-state index is -0.455. The molecule has 0 radical (unpaired) electrons. The number of amides is 1. The van der Waals surface area contributed by atoms with E-state index in [4.69, 9.17) is 11.6 Å². The number of hydrogen-bond acceptors (Lipinski definition) is 5. The number of anilines is 1. The smallest absolute Gasteiger partial charge is 0.272 e. The number of non-ortho nitro benzene ring substituents is 1. The zero-order chi connectivity index (χ0) is 21.3. The van der Waals surface area contributed by atoms with Crippen molar-refractivity contribution in [3.63, 3.8) is 0 Å². The minimum absolute atomic E-state index is 0.00681. The maximum atomic E-state index is 13.2. The first-order valence-corrected chi connectivity index (χ1v) is 9.91. The van der Waals surface area contributed by atoms with Crippen LogP contribution in [0.25, 0.3) is 5.69 Å². The second-order valence-electron chi connectivity index (χ2n) is 7.12. The molecule has 8 nitrogen and oxygen atoms in total. The lowest BCUT2D eigenvalue weighted by Crippen LogP contribution is -2.49. The molecule has 0 spiro atoms. The highest BCUT2D eigenvalue weighted by Crippen LogP contribution is 2.22. The molecule has 30 heavy (non-hydrogen) atoms. The normalized spacial score (nSPS) is 14.1. The Kier molecular flexibility index (Phi) is 5.41. The van der Waals surface area contributed by atoms with Gasteiger partial charge in [-0.05, 0) is 43.3 Å². The zero-order valence-corrected chi connectivity index (χ0v) is 17.1. The molecule has 9 heteroatoms. The van der Waals surface area contributed by atoms with Gasteiger partial charge in [0.1, 0.15) is 5.69 Å². The van der Waals surface area contributed by atoms with Gasteiger partial charge in [-0.2, -0.15) is 5.10 Å². The van der Waals surface area contributed by atoms with Gasteiger partial charge < -0.3 is 9.80 Å². The molecule has 0 saturated carbocycles. The van der Waals surface area contributed by atoms with E-state index in [0.717, 1.165) is 5.69 Å². The number of halogens is 1. The average molecular weight is 426 g/mol. The quantitative estimate of drug-likeness (QED) is 0.470. The average Bonchev–Trinajstić information content (AvgIpc) is 3.15. The Morgan fingerprint density at radius 3 is 2.37 bits per heavy atom. The molecule has 4 rings (SSSR count). The van der Waals surface area contributed by atoms with E-state index in [1.807, 2.05) is 31.2 Å². The Bertz CT molecular complexity index is 1090. The first-order chi connectivity index (χ1) is 14.4. The Hall–Kier alpha value is -3.39. The summed E-state index contributed by atoms with van der Waals surface area (Å²) in [6.07, 6.45) is 0. The van der Waals surface area contributed by atoms with E-state index in [2.05, 4.69) is 10.00 Å². The summed E-state index contributed by atoms with van der Waals surface area (Å²) < 4.78 is 1.55. The number of benzene rings is 2. The minimum Gasteiger partial charge on any atom is -0.368 e. The van der Waals surface area contributed by atoms with Crippen molar-refractivity contribution in [1.82, 2.24) is 14.7 Å². The number of aromatic nitrogens is 2. The highest BCUT2D eigenvalue weighted by Gasteiger charge is 2.26. The van der Waals surface area contributed by atoms with Gasteiger partial charge >= 0.3 is 0 Å². The van der Waals surface area contributed by atoms with Crippen LogP contribution in [-0.2, 0) is 0 Å². The lowest BCUT2D eigenvalue weighted by atomic mass is 10.2. The number of nitrogens with zero attached hydrogens (tertiary/aromatic N) is 5. The SMILES string of the molecule is Cc1cc(C(=O)N2CCN(c3cccc(Cl)c3)CC2)n(-c2ccc([N+](=O)[O-])cc2)n1. The first-order valence-electron chi connectivity index (χ1n) is 9.53. The van der Waals surface area contributed by atoms with Gasteiger partial charge in [-0.3, -0.25) is 14.9 Å². The summed E-state index contributed by atoms with van der Waals surface area (Å²) in [5.41, 5.74) is 2.79. The van der Waals surface area contributed by atoms with Crippen molar-refractivity contribution in [2.45, 2.75) is 6.92 Å². The summed E-state index contributed by atoms with van der Waals surface area (Å²) in [5, 5.41) is 16.0. The van der Waals surface area contributed by atoms with Crippen molar-refractivity contribution < 1.29 is 9.72 Å². The predicted octanol–water partition coefficient (Wildman–Crippen LogP) is 3.70. The molecule has 1 amide bonds. The monoisotopic (exact) mass is 425 g/mol. The second kappa shape index (κ2) is 8.16. The van der Waals surface area contributed by atoms with Gasteiger partial charge in [-0.15, -0.1) is 0 Å². The number of rotatable bonds is 4. The lowest BCUT2D eigenvalue weighted by molar-refractivity contribution is -0.384. The first kappa shape index (κ1) is 19.9. The van der Waals surface area contributed by atoms with E-state index in [1.165, 1.54) is 12.1 Å². The van der Waals surface area contributed by atoms with E-state index in [0.29, 0.717) is 48.3 Å². The fourth-order valence-corrected chi connectivity index (χ4v) is 3.75. The number of piperazine rings is 1. The molecule has 0 aliphatic carbocycles. The van der Waals surface area contributed by atoms with Crippen molar-refractivity contribution in [3.8, 4) is 5.69 Å². The fraction of sp³-hybridized carbons (Fsp3) is 0.238. The summed E-state index contributed by atoms with van der Waals surface area (Å²) in [5.74, 6) is -0.111. The summed E-state index contributed by atoms with van der Waals surface area (Å²) in [7, 11) is 0. The van der Waals surface area contributed by atoms with Crippen LogP contribution in [0.3, 0.4) is 0 Å². The van der Waals surface area contributed by atoms with Gasteiger partial charge in [0.2, 0.25) is 0 Å². The molecule has 2 heterocycles. The molecular formula is C21H20ClN5O3. The third kappa shape index (κ3) is 3.99. The molecule has 0 unspecified atom stereocenters. The number of nitro benzene ring substituents is 1. The standard InChI is InChI=1S/C21H20ClN5O3/c1-15-13-20(26(23-15)17-5-7-18(8-6-17)27(29)30)21(28)25-11-9-24(10-12-25)19-4-2-3-16(22)14-19/h2-8,13-14H,9-12H2,1H3. The van der Waals surface area contributed by atoms with Crippen LogP contribution in [0.1, 0.15) is 16.2 Å². The number of nitro groups is 1. The van der Waals surface area contributed by atoms with Crippen molar-refractivity contribution in [2.75, 3.05) is 31.1 Å². The van der Waals surface area contributed by atoms with E-state index < -0.39 is 4.92 Å². The lowest BCUT2D eigenvalue weighted by Gasteiger charge is -2.36. The van der Waals surface area contributed by atoms with Gasteiger partial charge in [-0.25, -0.2) is 4.68 Å². The third-order valence-corrected chi connectivity index (χ3v) is 5.33. The van der Waals surface area contributed by atoms with E-state index in [9.17, 15) is 14.9 Å². The molecule has 1 saturated heterocycles. The van der Waals surface area contributed by atoms with Crippen LogP contribution < -0.4 is 4.90 Å². The van der Waals surface area contributed by atoms with Crippen molar-refractivity contribution >= 4 is 28.9 Å². The summed E-state index contributed by atoms with van der Waals surface area (Å²) in [6, 6.07) is 15.4. The van der Waals surface area contributed by atoms with E-state index in [-0.39, 0.29) is 11.6 Å². The van der Waals surface area contributed by atoms with Crippen LogP contribution in [0.5, 0.6) is 0 Å². The summed E-state index contributed by atoms with van der Waals surface area (Å²) >= 11 is 6.09. The number of aryl methyl sites for hydroxylation is 1. The topological polar surface area (TPSA) is 84.5 Å². The molecule has 1 aromatic heterocycles. The van der Waals surface area contributed by atoms with Gasteiger partial charge in [-0.1, -0.05) is 17.7 Å². The summed E-state index contributed by atoms with van der Waals surface area (Å²) in [4.78, 5) is 27.6. The summed E-state index contributed by atoms with van der Waals surface area (Å²) in [6.45, 7) is 4.38. The highest BCUT2D eigenvalue weighted by atomic mass is 35.5. The van der Waals surface area contributed by atoms with Crippen LogP contribution in [0, 0.1) is 17.0 Å². The van der Waals surface area contributed by atoms with Crippen molar-refractivity contribution in [1.29, 1.82) is 0 Å². The van der Waals surface area contributed by atoms with Crippen molar-refractivity contribution in [2.24, 2.45) is 0 Å². The van der Waals surface area contributed by atoms with Crippen LogP contribution in [0.2, 0.25) is 5.02 Å². The van der Waals surface area contributed by atoms with Crippen LogP contribution in [0.15, 0.2) is 54.6 Å². The fourth-order valence-electron chi connectivity index (χ4n) is 3.57. The van der Waals surface area contributed by atoms with Gasteiger partial charge in [0.15, 0.2) is 0 Å². The molecule has 0 atom stereocenters. The number of carbonyl (C=O) groups is 1. The largest absolute Gasteiger partial charge is 0.368 e. The zero-order valence-electron chi connectivity index (χ0n) is 16.4. The number of hydrogen-bond donors (Lipinski definition) is 0. The predicted molar refractivity (Wildman–Crippen MR) is 115 cm³/mol. The van der Waals surface area contributed by atoms with Crippen molar-refractivity contribution in [3.05, 3.63) is 81.1 Å².